The second-order valence-corrected chi connectivity index (χ2v) is 10.5. The summed E-state index contributed by atoms with van der Waals surface area (Å²) >= 11 is 6.43. The van der Waals surface area contributed by atoms with Crippen molar-refractivity contribution >= 4 is 43.9 Å². The number of nitrogens with zero attached hydrogens (tertiary/aromatic N) is 2. The molecule has 3 N–H and O–H groups in total. The largest absolute Gasteiger partial charge is 0.491 e. The molecule has 4 rings (SSSR count). The number of aromatic nitrogens is 3. The maximum Gasteiger partial charge on any atom is 0.227 e. The maximum atomic E-state index is 12.2. The molecule has 0 fully saturated rings. The molecule has 32 heavy (non-hydrogen) atoms. The van der Waals surface area contributed by atoms with Gasteiger partial charge in [-0.05, 0) is 30.2 Å². The number of hydrogen-bond acceptors (Lipinski definition) is 6. The Morgan fingerprint density at radius 3 is 2.78 bits per heavy atom. The number of hydrogen-bond donors (Lipinski definition) is 3. The summed E-state index contributed by atoms with van der Waals surface area (Å²) in [4.78, 5) is 12.6. The van der Waals surface area contributed by atoms with Gasteiger partial charge >= 0.3 is 0 Å². The van der Waals surface area contributed by atoms with Gasteiger partial charge in [0.05, 0.1) is 43.8 Å². The normalized spacial score (nSPS) is 13.3. The van der Waals surface area contributed by atoms with Gasteiger partial charge in [-0.25, -0.2) is 19.0 Å². The van der Waals surface area contributed by atoms with Crippen LogP contribution in [-0.2, 0) is 9.73 Å². The fraction of sp³-hybridized carbons (Fsp3) is 0.217. The zero-order valence-electron chi connectivity index (χ0n) is 18.0. The molecule has 0 amide bonds. The molecule has 4 aromatic rings. The highest BCUT2D eigenvalue weighted by Gasteiger charge is 2.15. The van der Waals surface area contributed by atoms with Crippen molar-refractivity contribution in [3.8, 4) is 17.0 Å². The second kappa shape index (κ2) is 8.80. The van der Waals surface area contributed by atoms with Crippen molar-refractivity contribution in [2.75, 3.05) is 18.2 Å². The van der Waals surface area contributed by atoms with E-state index in [2.05, 4.69) is 20.3 Å². The van der Waals surface area contributed by atoms with Crippen molar-refractivity contribution in [2.45, 2.75) is 18.7 Å². The standard InChI is InChI=1S/C23H24ClN5O2S/c1-14(2)13-31-21-10-15(32(3,25)30)8-9-20(21)28-23-27-12-18(24)22(29-23)17-11-26-19-7-5-4-6-16(17)19/h4-12,14,25-26H,13H2,1-3H3,(H,27,28,29). The van der Waals surface area contributed by atoms with Gasteiger partial charge in [0.15, 0.2) is 0 Å². The first kappa shape index (κ1) is 22.1. The van der Waals surface area contributed by atoms with Crippen LogP contribution in [0.15, 0.2) is 59.8 Å². The third-order valence-corrected chi connectivity index (χ3v) is 6.24. The molecule has 166 valence electrons. The van der Waals surface area contributed by atoms with Gasteiger partial charge in [0.25, 0.3) is 0 Å². The maximum absolute atomic E-state index is 12.2. The molecular weight excluding hydrogens is 446 g/mol. The summed E-state index contributed by atoms with van der Waals surface area (Å²) in [6, 6.07) is 12.9. The number of fused-ring (bicyclic) bond motifs is 1. The Labute approximate surface area is 192 Å². The molecular formula is C23H24ClN5O2S. The number of anilines is 2. The number of rotatable bonds is 7. The zero-order chi connectivity index (χ0) is 22.9. The van der Waals surface area contributed by atoms with Crippen LogP contribution in [0.1, 0.15) is 13.8 Å². The minimum Gasteiger partial charge on any atom is -0.491 e. The smallest absolute Gasteiger partial charge is 0.227 e. The Balaban J connectivity index is 1.72. The highest BCUT2D eigenvalue weighted by molar-refractivity contribution is 7.91. The van der Waals surface area contributed by atoms with Crippen LogP contribution in [0.25, 0.3) is 22.2 Å². The lowest BCUT2D eigenvalue weighted by Crippen LogP contribution is -2.08. The first-order valence-electron chi connectivity index (χ1n) is 10.1. The van der Waals surface area contributed by atoms with Crippen LogP contribution in [0.5, 0.6) is 5.75 Å². The topological polar surface area (TPSA) is 104 Å². The van der Waals surface area contributed by atoms with Crippen molar-refractivity contribution in [3.05, 3.63) is 59.9 Å². The molecule has 0 saturated carbocycles. The molecule has 0 bridgehead atoms. The van der Waals surface area contributed by atoms with Crippen molar-refractivity contribution < 1.29 is 8.95 Å². The lowest BCUT2D eigenvalue weighted by molar-refractivity contribution is 0.272. The molecule has 2 heterocycles. The lowest BCUT2D eigenvalue weighted by atomic mass is 10.1. The number of nitrogens with one attached hydrogen (secondary N) is 3. The van der Waals surface area contributed by atoms with Gasteiger partial charge in [0.2, 0.25) is 5.95 Å². The number of aromatic amines is 1. The number of H-pyrrole nitrogens is 1. The van der Waals surface area contributed by atoms with Crippen LogP contribution in [0.3, 0.4) is 0 Å². The predicted molar refractivity (Wildman–Crippen MR) is 129 cm³/mol. The van der Waals surface area contributed by atoms with Gasteiger partial charge in [0, 0.05) is 28.9 Å². The van der Waals surface area contributed by atoms with E-state index < -0.39 is 9.73 Å². The Kier molecular flexibility index (Phi) is 6.08. The molecule has 0 spiro atoms. The fourth-order valence-electron chi connectivity index (χ4n) is 3.23. The van der Waals surface area contributed by atoms with Crippen LogP contribution >= 0.6 is 11.6 Å². The summed E-state index contributed by atoms with van der Waals surface area (Å²) in [7, 11) is -2.88. The molecule has 1 unspecified atom stereocenters. The van der Waals surface area contributed by atoms with E-state index in [9.17, 15) is 4.21 Å². The van der Waals surface area contributed by atoms with Gasteiger partial charge in [-0.3, -0.25) is 0 Å². The Morgan fingerprint density at radius 1 is 1.25 bits per heavy atom. The number of benzene rings is 2. The molecule has 9 heteroatoms. The van der Waals surface area contributed by atoms with Crippen molar-refractivity contribution in [1.29, 1.82) is 4.78 Å². The molecule has 2 aromatic carbocycles. The van der Waals surface area contributed by atoms with Gasteiger partial charge in [0.1, 0.15) is 5.75 Å². The Morgan fingerprint density at radius 2 is 2.03 bits per heavy atom. The van der Waals surface area contributed by atoms with Gasteiger partial charge < -0.3 is 15.0 Å². The SMILES string of the molecule is CC(C)COc1cc(S(C)(=N)=O)ccc1Nc1ncc(Cl)c(-c2c[nH]c3ccccc23)n1. The summed E-state index contributed by atoms with van der Waals surface area (Å²) < 4.78 is 26.0. The molecule has 7 nitrogen and oxygen atoms in total. The molecule has 0 radical (unpaired) electrons. The zero-order valence-corrected chi connectivity index (χ0v) is 19.6. The van der Waals surface area contributed by atoms with E-state index in [1.807, 2.05) is 44.3 Å². The van der Waals surface area contributed by atoms with E-state index in [4.69, 9.17) is 21.1 Å². The highest BCUT2D eigenvalue weighted by Crippen LogP contribution is 2.34. The first-order chi connectivity index (χ1) is 15.2. The fourth-order valence-corrected chi connectivity index (χ4v) is 4.08. The van der Waals surface area contributed by atoms with Crippen molar-refractivity contribution in [1.82, 2.24) is 15.0 Å². The van der Waals surface area contributed by atoms with Crippen LogP contribution in [0.4, 0.5) is 11.6 Å². The van der Waals surface area contributed by atoms with Gasteiger partial charge in [-0.1, -0.05) is 43.6 Å². The minimum atomic E-state index is -2.88. The number of para-hydroxylation sites is 1. The monoisotopic (exact) mass is 469 g/mol. The summed E-state index contributed by atoms with van der Waals surface area (Å²) in [5.74, 6) is 1.14. The quantitative estimate of drug-likeness (QED) is 0.303. The van der Waals surface area contributed by atoms with E-state index >= 15 is 0 Å². The Hall–Kier alpha value is -3.10. The second-order valence-electron chi connectivity index (χ2n) is 7.97. The van der Waals surface area contributed by atoms with E-state index in [0.717, 1.165) is 16.5 Å². The molecule has 0 aliphatic rings. The summed E-state index contributed by atoms with van der Waals surface area (Å²) in [6.45, 7) is 4.56. The number of ether oxygens (including phenoxy) is 1. The van der Waals surface area contributed by atoms with Crippen molar-refractivity contribution in [2.24, 2.45) is 5.92 Å². The van der Waals surface area contributed by atoms with Crippen molar-refractivity contribution in [3.63, 3.8) is 0 Å². The van der Waals surface area contributed by atoms with Crippen LogP contribution in [0.2, 0.25) is 5.02 Å². The van der Waals surface area contributed by atoms with Crippen LogP contribution in [0, 0.1) is 10.7 Å². The van der Waals surface area contributed by atoms with Gasteiger partial charge in [-0.15, -0.1) is 0 Å². The molecule has 1 atom stereocenters. The van der Waals surface area contributed by atoms with E-state index in [-0.39, 0.29) is 0 Å². The van der Waals surface area contributed by atoms with E-state index in [1.54, 1.807) is 24.4 Å². The highest BCUT2D eigenvalue weighted by atomic mass is 35.5. The molecule has 0 saturated heterocycles. The molecule has 0 aliphatic carbocycles. The van der Waals surface area contributed by atoms with Gasteiger partial charge in [-0.2, -0.15) is 0 Å². The van der Waals surface area contributed by atoms with Crippen LogP contribution in [-0.4, -0.2) is 32.0 Å². The predicted octanol–water partition coefficient (Wildman–Crippen LogP) is 6.09. The average Bonchev–Trinajstić information content (AvgIpc) is 3.17. The third-order valence-electron chi connectivity index (χ3n) is 4.81. The average molecular weight is 470 g/mol. The van der Waals surface area contributed by atoms with Crippen LogP contribution < -0.4 is 10.1 Å². The summed E-state index contributed by atoms with van der Waals surface area (Å²) in [6.07, 6.45) is 4.82. The first-order valence-corrected chi connectivity index (χ1v) is 12.4. The summed E-state index contributed by atoms with van der Waals surface area (Å²) in [5, 5.41) is 4.63. The van der Waals surface area contributed by atoms with E-state index in [1.165, 1.54) is 6.26 Å². The number of halogens is 1. The van der Waals surface area contributed by atoms with E-state index in [0.29, 0.717) is 45.5 Å². The summed E-state index contributed by atoms with van der Waals surface area (Å²) in [5.41, 5.74) is 3.09. The minimum absolute atomic E-state index is 0.300. The lowest BCUT2D eigenvalue weighted by Gasteiger charge is -2.16. The molecule has 2 aromatic heterocycles. The Bertz CT molecular complexity index is 1380. The molecule has 0 aliphatic heterocycles. The third kappa shape index (κ3) is 4.71.